The van der Waals surface area contributed by atoms with Gasteiger partial charge in [0.2, 0.25) is 12.1 Å². The van der Waals surface area contributed by atoms with Gasteiger partial charge in [-0.15, -0.1) is 0 Å². The summed E-state index contributed by atoms with van der Waals surface area (Å²) >= 11 is 5.94. The van der Waals surface area contributed by atoms with Crippen LogP contribution in [0.1, 0.15) is 6.92 Å². The Kier molecular flexibility index (Phi) is 2.22. The molecule has 17 heavy (non-hydrogen) atoms. The minimum absolute atomic E-state index is 0.166. The third-order valence-corrected chi connectivity index (χ3v) is 3.01. The van der Waals surface area contributed by atoms with Crippen molar-refractivity contribution in [1.82, 2.24) is 9.55 Å². The van der Waals surface area contributed by atoms with Gasteiger partial charge in [-0.25, -0.2) is 4.98 Å². The summed E-state index contributed by atoms with van der Waals surface area (Å²) in [4.78, 5) is 16.3. The Morgan fingerprint density at radius 3 is 2.82 bits per heavy atom. The van der Waals surface area contributed by atoms with E-state index in [1.807, 2.05) is 6.92 Å². The lowest BCUT2D eigenvalue weighted by atomic mass is 10.2. The smallest absolute Gasteiger partial charge is 0.262 e. The van der Waals surface area contributed by atoms with Gasteiger partial charge in [0.25, 0.3) is 5.56 Å². The van der Waals surface area contributed by atoms with Crippen molar-refractivity contribution >= 4 is 22.5 Å². The highest BCUT2D eigenvalue weighted by atomic mass is 35.5. The predicted octanol–water partition coefficient (Wildman–Crippen LogP) is 1.80. The fourth-order valence-electron chi connectivity index (χ4n) is 1.86. The van der Waals surface area contributed by atoms with Crippen molar-refractivity contribution in [2.45, 2.75) is 13.5 Å². The first-order chi connectivity index (χ1) is 8.20. The minimum atomic E-state index is -0.166. The van der Waals surface area contributed by atoms with Gasteiger partial charge in [-0.1, -0.05) is 0 Å². The summed E-state index contributed by atoms with van der Waals surface area (Å²) in [7, 11) is 0. The summed E-state index contributed by atoms with van der Waals surface area (Å²) in [6, 6.07) is 3.32. The zero-order chi connectivity index (χ0) is 12.0. The molecular weight excluding hydrogens is 244 g/mol. The highest BCUT2D eigenvalue weighted by Gasteiger charge is 2.17. The van der Waals surface area contributed by atoms with Crippen LogP contribution in [0.25, 0.3) is 10.9 Å². The van der Waals surface area contributed by atoms with E-state index in [1.165, 1.54) is 4.57 Å². The lowest BCUT2D eigenvalue weighted by molar-refractivity contribution is 0.174. The van der Waals surface area contributed by atoms with Crippen molar-refractivity contribution in [3.8, 4) is 11.5 Å². The van der Waals surface area contributed by atoms with Crippen molar-refractivity contribution in [2.75, 3.05) is 6.79 Å². The first-order valence-corrected chi connectivity index (χ1v) is 5.58. The fourth-order valence-corrected chi connectivity index (χ4v) is 2.15. The molecule has 0 N–H and O–H groups in total. The van der Waals surface area contributed by atoms with E-state index in [0.29, 0.717) is 28.9 Å². The van der Waals surface area contributed by atoms with Gasteiger partial charge < -0.3 is 9.47 Å². The summed E-state index contributed by atoms with van der Waals surface area (Å²) in [5.41, 5.74) is 0.356. The molecule has 0 unspecified atom stereocenters. The molecular formula is C11H9ClN2O3. The van der Waals surface area contributed by atoms with Gasteiger partial charge in [0.1, 0.15) is 0 Å². The van der Waals surface area contributed by atoms with Crippen LogP contribution in [0.4, 0.5) is 0 Å². The summed E-state index contributed by atoms with van der Waals surface area (Å²) < 4.78 is 11.9. The Hall–Kier alpha value is -1.75. The Bertz CT molecular complexity index is 666. The van der Waals surface area contributed by atoms with Crippen LogP contribution in [0, 0.1) is 0 Å². The van der Waals surface area contributed by atoms with Gasteiger partial charge in [-0.2, -0.15) is 0 Å². The summed E-state index contributed by atoms with van der Waals surface area (Å²) in [5.74, 6) is 1.16. The van der Waals surface area contributed by atoms with E-state index in [0.717, 1.165) is 0 Å². The monoisotopic (exact) mass is 252 g/mol. The van der Waals surface area contributed by atoms with Gasteiger partial charge in [0, 0.05) is 12.6 Å². The van der Waals surface area contributed by atoms with Crippen LogP contribution in [-0.4, -0.2) is 16.3 Å². The molecule has 1 aromatic heterocycles. The highest BCUT2D eigenvalue weighted by molar-refractivity contribution is 6.28. The van der Waals surface area contributed by atoms with Gasteiger partial charge >= 0.3 is 0 Å². The average Bonchev–Trinajstić information content (AvgIpc) is 2.74. The molecule has 1 aromatic carbocycles. The Balaban J connectivity index is 2.40. The second-order valence-electron chi connectivity index (χ2n) is 3.65. The molecule has 2 heterocycles. The van der Waals surface area contributed by atoms with Crippen LogP contribution in [0.15, 0.2) is 16.9 Å². The predicted molar refractivity (Wildman–Crippen MR) is 62.8 cm³/mol. The molecule has 0 saturated heterocycles. The average molecular weight is 253 g/mol. The molecule has 3 rings (SSSR count). The molecule has 0 spiro atoms. The third kappa shape index (κ3) is 1.46. The number of rotatable bonds is 1. The quantitative estimate of drug-likeness (QED) is 0.726. The zero-order valence-electron chi connectivity index (χ0n) is 9.07. The zero-order valence-corrected chi connectivity index (χ0v) is 9.82. The van der Waals surface area contributed by atoms with Crippen LogP contribution in [0.5, 0.6) is 11.5 Å². The third-order valence-electron chi connectivity index (χ3n) is 2.72. The Labute approximate surface area is 102 Å². The van der Waals surface area contributed by atoms with E-state index in [2.05, 4.69) is 4.98 Å². The summed E-state index contributed by atoms with van der Waals surface area (Å²) in [6.45, 7) is 2.49. The molecule has 6 heteroatoms. The molecule has 1 aliphatic rings. The SMILES string of the molecule is CCn1c(Cl)nc2cc3c(cc2c1=O)OCO3. The number of ether oxygens (including phenoxy) is 2. The maximum atomic E-state index is 12.1. The van der Waals surface area contributed by atoms with Crippen molar-refractivity contribution in [3.05, 3.63) is 27.8 Å². The van der Waals surface area contributed by atoms with E-state index in [9.17, 15) is 4.79 Å². The second-order valence-corrected chi connectivity index (χ2v) is 3.99. The second kappa shape index (κ2) is 3.63. The number of halogens is 1. The normalized spacial score (nSPS) is 13.3. The van der Waals surface area contributed by atoms with E-state index >= 15 is 0 Å². The van der Waals surface area contributed by atoms with Crippen LogP contribution in [-0.2, 0) is 6.54 Å². The number of nitrogens with zero attached hydrogens (tertiary/aromatic N) is 2. The fraction of sp³-hybridized carbons (Fsp3) is 0.273. The molecule has 1 aliphatic heterocycles. The van der Waals surface area contributed by atoms with Gasteiger partial charge in [0.15, 0.2) is 11.5 Å². The highest BCUT2D eigenvalue weighted by Crippen LogP contribution is 2.34. The lowest BCUT2D eigenvalue weighted by Gasteiger charge is -2.06. The van der Waals surface area contributed by atoms with Crippen LogP contribution >= 0.6 is 11.6 Å². The van der Waals surface area contributed by atoms with Crippen molar-refractivity contribution in [1.29, 1.82) is 0 Å². The van der Waals surface area contributed by atoms with Crippen LogP contribution < -0.4 is 15.0 Å². The topological polar surface area (TPSA) is 53.4 Å². The van der Waals surface area contributed by atoms with E-state index < -0.39 is 0 Å². The van der Waals surface area contributed by atoms with E-state index in [1.54, 1.807) is 12.1 Å². The number of benzene rings is 1. The standard InChI is InChI=1S/C11H9ClN2O3/c1-2-14-10(15)6-3-8-9(17-5-16-8)4-7(6)13-11(14)12/h3-4H,2,5H2,1H3. The van der Waals surface area contributed by atoms with Crippen molar-refractivity contribution < 1.29 is 9.47 Å². The molecule has 0 fully saturated rings. The molecule has 5 nitrogen and oxygen atoms in total. The van der Waals surface area contributed by atoms with Gasteiger partial charge in [-0.3, -0.25) is 9.36 Å². The number of hydrogen-bond acceptors (Lipinski definition) is 4. The first kappa shape index (κ1) is 10.4. The molecule has 0 radical (unpaired) electrons. The molecule has 0 aliphatic carbocycles. The molecule has 0 bridgehead atoms. The van der Waals surface area contributed by atoms with Crippen molar-refractivity contribution in [2.24, 2.45) is 0 Å². The van der Waals surface area contributed by atoms with Gasteiger partial charge in [-0.05, 0) is 24.6 Å². The maximum absolute atomic E-state index is 12.1. The van der Waals surface area contributed by atoms with Crippen LogP contribution in [0.3, 0.4) is 0 Å². The van der Waals surface area contributed by atoms with Crippen molar-refractivity contribution in [3.63, 3.8) is 0 Å². The maximum Gasteiger partial charge on any atom is 0.262 e. The van der Waals surface area contributed by atoms with Gasteiger partial charge in [0.05, 0.1) is 10.9 Å². The number of hydrogen-bond donors (Lipinski definition) is 0. The molecule has 2 aromatic rings. The van der Waals surface area contributed by atoms with E-state index in [-0.39, 0.29) is 17.6 Å². The molecule has 88 valence electrons. The number of aromatic nitrogens is 2. The minimum Gasteiger partial charge on any atom is -0.454 e. The number of fused-ring (bicyclic) bond motifs is 2. The molecule has 0 saturated carbocycles. The molecule has 0 amide bonds. The largest absolute Gasteiger partial charge is 0.454 e. The lowest BCUT2D eigenvalue weighted by Crippen LogP contribution is -2.21. The van der Waals surface area contributed by atoms with Crippen LogP contribution in [0.2, 0.25) is 5.28 Å². The Morgan fingerprint density at radius 2 is 2.12 bits per heavy atom. The Morgan fingerprint density at radius 1 is 1.41 bits per heavy atom. The van der Waals surface area contributed by atoms with E-state index in [4.69, 9.17) is 21.1 Å². The summed E-state index contributed by atoms with van der Waals surface area (Å²) in [6.07, 6.45) is 0. The molecule has 0 atom stereocenters. The first-order valence-electron chi connectivity index (χ1n) is 5.20. The summed E-state index contributed by atoms with van der Waals surface area (Å²) in [5, 5.41) is 0.671.